The number of aliphatic carboxylic acids is 1. The molecule has 82 valence electrons. The zero-order chi connectivity index (χ0) is 10.6. The molecule has 0 radical (unpaired) electrons. The summed E-state index contributed by atoms with van der Waals surface area (Å²) in [6.45, 7) is 4.35. The Bertz CT molecular complexity index is 186. The van der Waals surface area contributed by atoms with Crippen LogP contribution >= 0.6 is 0 Å². The average molecular weight is 199 g/mol. The van der Waals surface area contributed by atoms with Gasteiger partial charge in [-0.05, 0) is 39.0 Å². The first-order chi connectivity index (χ1) is 6.63. The number of hydrogen-bond acceptors (Lipinski definition) is 2. The van der Waals surface area contributed by atoms with E-state index in [9.17, 15) is 4.79 Å². The summed E-state index contributed by atoms with van der Waals surface area (Å²) in [7, 11) is 0. The largest absolute Gasteiger partial charge is 0.481 e. The minimum Gasteiger partial charge on any atom is -0.481 e. The lowest BCUT2D eigenvalue weighted by Crippen LogP contribution is -2.39. The lowest BCUT2D eigenvalue weighted by atomic mass is 9.86. The van der Waals surface area contributed by atoms with Crippen LogP contribution in [0.4, 0.5) is 0 Å². The van der Waals surface area contributed by atoms with E-state index in [0.29, 0.717) is 12.1 Å². The number of nitrogens with one attached hydrogen (secondary N) is 1. The third-order valence-corrected chi connectivity index (χ3v) is 3.21. The van der Waals surface area contributed by atoms with Crippen LogP contribution in [-0.4, -0.2) is 23.2 Å². The fraction of sp³-hybridized carbons (Fsp3) is 0.909. The predicted octanol–water partition coefficient (Wildman–Crippen LogP) is 2.02. The lowest BCUT2D eigenvalue weighted by Gasteiger charge is -2.29. The molecule has 1 saturated carbocycles. The smallest absolute Gasteiger partial charge is 0.306 e. The van der Waals surface area contributed by atoms with Crippen molar-refractivity contribution in [2.24, 2.45) is 5.92 Å². The molecule has 2 N–H and O–H groups in total. The van der Waals surface area contributed by atoms with E-state index in [1.54, 1.807) is 0 Å². The van der Waals surface area contributed by atoms with Crippen LogP contribution in [0.3, 0.4) is 0 Å². The fourth-order valence-electron chi connectivity index (χ4n) is 2.03. The molecule has 1 rings (SSSR count). The van der Waals surface area contributed by atoms with Crippen molar-refractivity contribution in [3.63, 3.8) is 0 Å². The van der Waals surface area contributed by atoms with Crippen LogP contribution in [0.25, 0.3) is 0 Å². The summed E-state index contributed by atoms with van der Waals surface area (Å²) >= 11 is 0. The van der Waals surface area contributed by atoms with Crippen molar-refractivity contribution in [3.8, 4) is 0 Å². The molecule has 0 bridgehead atoms. The molecule has 3 nitrogen and oxygen atoms in total. The Labute approximate surface area is 85.9 Å². The van der Waals surface area contributed by atoms with E-state index in [-0.39, 0.29) is 5.92 Å². The second-order valence-corrected chi connectivity index (χ2v) is 4.36. The highest BCUT2D eigenvalue weighted by atomic mass is 16.4. The Morgan fingerprint density at radius 2 is 2.00 bits per heavy atom. The van der Waals surface area contributed by atoms with E-state index in [0.717, 1.165) is 32.1 Å². The molecular formula is C11H21NO2. The van der Waals surface area contributed by atoms with Crippen molar-refractivity contribution in [3.05, 3.63) is 0 Å². The van der Waals surface area contributed by atoms with Gasteiger partial charge in [0.2, 0.25) is 0 Å². The van der Waals surface area contributed by atoms with Crippen molar-refractivity contribution in [1.29, 1.82) is 0 Å². The van der Waals surface area contributed by atoms with Gasteiger partial charge in [0.15, 0.2) is 0 Å². The minimum absolute atomic E-state index is 0.0926. The van der Waals surface area contributed by atoms with Gasteiger partial charge >= 0.3 is 5.97 Å². The summed E-state index contributed by atoms with van der Waals surface area (Å²) in [5.74, 6) is -0.711. The van der Waals surface area contributed by atoms with Crippen LogP contribution in [0.1, 0.15) is 46.0 Å². The predicted molar refractivity (Wildman–Crippen MR) is 56.3 cm³/mol. The Hall–Kier alpha value is -0.570. The molecule has 1 atom stereocenters. The van der Waals surface area contributed by atoms with Gasteiger partial charge in [0.05, 0.1) is 5.92 Å². The highest BCUT2D eigenvalue weighted by Crippen LogP contribution is 2.24. The molecule has 0 aliphatic heterocycles. The summed E-state index contributed by atoms with van der Waals surface area (Å²) in [6.07, 6.45) is 4.84. The maximum atomic E-state index is 10.7. The first kappa shape index (κ1) is 11.5. The Kier molecular flexibility index (Phi) is 4.39. The standard InChI is InChI=1S/C11H21NO2/c1-3-8(2)12-10-6-4-9(5-7-10)11(13)14/h8-10,12H,3-7H2,1-2H3,(H,13,14). The average Bonchev–Trinajstić information content (AvgIpc) is 2.18. The number of hydrogen-bond donors (Lipinski definition) is 2. The molecule has 0 amide bonds. The minimum atomic E-state index is -0.619. The van der Waals surface area contributed by atoms with Crippen molar-refractivity contribution in [2.75, 3.05) is 0 Å². The van der Waals surface area contributed by atoms with Gasteiger partial charge in [-0.2, -0.15) is 0 Å². The maximum absolute atomic E-state index is 10.7. The number of rotatable bonds is 4. The van der Waals surface area contributed by atoms with Crippen molar-refractivity contribution in [2.45, 2.75) is 58.0 Å². The molecular weight excluding hydrogens is 178 g/mol. The first-order valence-electron chi connectivity index (χ1n) is 5.62. The van der Waals surface area contributed by atoms with Gasteiger partial charge in [-0.25, -0.2) is 0 Å². The van der Waals surface area contributed by atoms with Crippen LogP contribution < -0.4 is 5.32 Å². The Morgan fingerprint density at radius 1 is 1.43 bits per heavy atom. The van der Waals surface area contributed by atoms with E-state index in [4.69, 9.17) is 5.11 Å². The fourth-order valence-corrected chi connectivity index (χ4v) is 2.03. The van der Waals surface area contributed by atoms with Crippen molar-refractivity contribution >= 4 is 5.97 Å². The van der Waals surface area contributed by atoms with Gasteiger partial charge in [-0.3, -0.25) is 4.79 Å². The molecule has 0 aromatic carbocycles. The van der Waals surface area contributed by atoms with Crippen LogP contribution in [-0.2, 0) is 4.79 Å². The first-order valence-corrected chi connectivity index (χ1v) is 5.62. The van der Waals surface area contributed by atoms with Gasteiger partial charge in [-0.15, -0.1) is 0 Å². The van der Waals surface area contributed by atoms with Crippen LogP contribution in [0, 0.1) is 5.92 Å². The lowest BCUT2D eigenvalue weighted by molar-refractivity contribution is -0.142. The summed E-state index contributed by atoms with van der Waals surface area (Å²) in [6, 6.07) is 1.10. The SMILES string of the molecule is CCC(C)NC1CCC(C(=O)O)CC1. The number of carbonyl (C=O) groups is 1. The van der Waals surface area contributed by atoms with Crippen molar-refractivity contribution in [1.82, 2.24) is 5.32 Å². The molecule has 1 fully saturated rings. The van der Waals surface area contributed by atoms with E-state index >= 15 is 0 Å². The van der Waals surface area contributed by atoms with E-state index in [1.165, 1.54) is 0 Å². The molecule has 1 aliphatic rings. The number of carboxylic acids is 1. The van der Waals surface area contributed by atoms with Crippen LogP contribution in [0.15, 0.2) is 0 Å². The summed E-state index contributed by atoms with van der Waals surface area (Å²) < 4.78 is 0. The summed E-state index contributed by atoms with van der Waals surface area (Å²) in [5, 5.41) is 12.4. The number of carboxylic acid groups (broad SMARTS) is 1. The third-order valence-electron chi connectivity index (χ3n) is 3.21. The van der Waals surface area contributed by atoms with Gasteiger partial charge < -0.3 is 10.4 Å². The van der Waals surface area contributed by atoms with Gasteiger partial charge in [0.25, 0.3) is 0 Å². The quantitative estimate of drug-likeness (QED) is 0.728. The molecule has 3 heteroatoms. The topological polar surface area (TPSA) is 49.3 Å². The third kappa shape index (κ3) is 3.29. The van der Waals surface area contributed by atoms with E-state index in [1.807, 2.05) is 0 Å². The molecule has 14 heavy (non-hydrogen) atoms. The molecule has 0 aromatic heterocycles. The van der Waals surface area contributed by atoms with Gasteiger partial charge in [0.1, 0.15) is 0 Å². The van der Waals surface area contributed by atoms with E-state index < -0.39 is 5.97 Å². The monoisotopic (exact) mass is 199 g/mol. The molecule has 0 spiro atoms. The molecule has 1 unspecified atom stereocenters. The molecule has 1 aliphatic carbocycles. The van der Waals surface area contributed by atoms with E-state index in [2.05, 4.69) is 19.2 Å². The highest BCUT2D eigenvalue weighted by molar-refractivity contribution is 5.70. The zero-order valence-electron chi connectivity index (χ0n) is 9.12. The van der Waals surface area contributed by atoms with Crippen molar-refractivity contribution < 1.29 is 9.90 Å². The van der Waals surface area contributed by atoms with Gasteiger partial charge in [-0.1, -0.05) is 6.92 Å². The maximum Gasteiger partial charge on any atom is 0.306 e. The second kappa shape index (κ2) is 5.35. The van der Waals surface area contributed by atoms with Gasteiger partial charge in [0, 0.05) is 12.1 Å². The second-order valence-electron chi connectivity index (χ2n) is 4.36. The summed E-state index contributed by atoms with van der Waals surface area (Å²) in [5.41, 5.74) is 0. The molecule has 0 saturated heterocycles. The van der Waals surface area contributed by atoms with Crippen LogP contribution in [0.2, 0.25) is 0 Å². The highest BCUT2D eigenvalue weighted by Gasteiger charge is 2.25. The summed E-state index contributed by atoms with van der Waals surface area (Å²) in [4.78, 5) is 10.7. The zero-order valence-corrected chi connectivity index (χ0v) is 9.12. The van der Waals surface area contributed by atoms with Crippen LogP contribution in [0.5, 0.6) is 0 Å². The Morgan fingerprint density at radius 3 is 2.43 bits per heavy atom. The Balaban J connectivity index is 2.25. The molecule has 0 heterocycles. The normalized spacial score (nSPS) is 29.9. The molecule has 0 aromatic rings.